The molecule has 5 heteroatoms. The molecular weight excluding hydrogens is 246 g/mol. The lowest BCUT2D eigenvalue weighted by Crippen LogP contribution is -2.06. The number of ether oxygens (including phenoxy) is 1. The van der Waals surface area contributed by atoms with E-state index in [1.54, 1.807) is 7.11 Å². The predicted molar refractivity (Wildman–Crippen MR) is 73.5 cm³/mol. The third kappa shape index (κ3) is 2.61. The molecule has 0 aliphatic heterocycles. The fraction of sp³-hybridized carbons (Fsp3) is 0.385. The van der Waals surface area contributed by atoms with Crippen LogP contribution in [0.25, 0.3) is 0 Å². The van der Waals surface area contributed by atoms with Gasteiger partial charge in [0.2, 0.25) is 0 Å². The molecule has 0 fully saturated rings. The average Bonchev–Trinajstić information content (AvgIpc) is 2.77. The molecule has 0 atom stereocenters. The lowest BCUT2D eigenvalue weighted by Gasteiger charge is -2.09. The molecule has 18 heavy (non-hydrogen) atoms. The summed E-state index contributed by atoms with van der Waals surface area (Å²) in [4.78, 5) is 0. The van der Waals surface area contributed by atoms with Crippen LogP contribution in [0.3, 0.4) is 0 Å². The van der Waals surface area contributed by atoms with Crippen LogP contribution in [0, 0.1) is 4.77 Å². The van der Waals surface area contributed by atoms with Crippen LogP contribution in [0.15, 0.2) is 24.3 Å². The molecule has 1 aromatic heterocycles. The average molecular weight is 263 g/mol. The summed E-state index contributed by atoms with van der Waals surface area (Å²) in [6, 6.07) is 8.05. The summed E-state index contributed by atoms with van der Waals surface area (Å²) in [6.45, 7) is 2.89. The predicted octanol–water partition coefficient (Wildman–Crippen LogP) is 2.75. The number of para-hydroxylation sites is 1. The maximum absolute atomic E-state index is 5.34. The van der Waals surface area contributed by atoms with Gasteiger partial charge in [0.1, 0.15) is 11.6 Å². The minimum atomic E-state index is 0.682. The fourth-order valence-corrected chi connectivity index (χ4v) is 2.23. The summed E-state index contributed by atoms with van der Waals surface area (Å²) in [5, 5.41) is 7.04. The Morgan fingerprint density at radius 2 is 2.17 bits per heavy atom. The smallest absolute Gasteiger partial charge is 0.195 e. The molecule has 0 bridgehead atoms. The summed E-state index contributed by atoms with van der Waals surface area (Å²) in [5.74, 6) is 1.92. The van der Waals surface area contributed by atoms with Crippen LogP contribution in [-0.4, -0.2) is 21.9 Å². The molecule has 1 aromatic carbocycles. The van der Waals surface area contributed by atoms with Gasteiger partial charge in [-0.15, -0.1) is 0 Å². The molecule has 0 unspecified atom stereocenters. The Morgan fingerprint density at radius 3 is 2.89 bits per heavy atom. The van der Waals surface area contributed by atoms with Crippen molar-refractivity contribution in [3.05, 3.63) is 40.4 Å². The Kier molecular flexibility index (Phi) is 4.15. The number of aryl methyl sites for hydroxylation is 2. The van der Waals surface area contributed by atoms with Crippen molar-refractivity contribution < 1.29 is 4.74 Å². The van der Waals surface area contributed by atoms with Crippen molar-refractivity contribution in [3.8, 4) is 5.75 Å². The molecule has 0 saturated carbocycles. The van der Waals surface area contributed by atoms with Crippen LogP contribution < -0.4 is 4.74 Å². The topological polar surface area (TPSA) is 42.8 Å². The maximum atomic E-state index is 5.34. The second-order valence-electron chi connectivity index (χ2n) is 4.01. The zero-order valence-electron chi connectivity index (χ0n) is 10.6. The van der Waals surface area contributed by atoms with Crippen LogP contribution in [0.1, 0.15) is 18.3 Å². The molecule has 2 rings (SSSR count). The highest BCUT2D eigenvalue weighted by Crippen LogP contribution is 2.18. The number of nitrogens with zero attached hydrogens (tertiary/aromatic N) is 2. The Morgan fingerprint density at radius 1 is 1.39 bits per heavy atom. The first-order valence-corrected chi connectivity index (χ1v) is 6.43. The van der Waals surface area contributed by atoms with E-state index in [1.807, 2.05) is 22.8 Å². The highest BCUT2D eigenvalue weighted by molar-refractivity contribution is 7.71. The van der Waals surface area contributed by atoms with Gasteiger partial charge in [0.15, 0.2) is 4.77 Å². The highest BCUT2D eigenvalue weighted by Gasteiger charge is 2.06. The number of benzene rings is 1. The van der Waals surface area contributed by atoms with Gasteiger partial charge in [0.05, 0.1) is 7.11 Å². The second-order valence-corrected chi connectivity index (χ2v) is 4.40. The molecule has 0 radical (unpaired) electrons. The Bertz CT molecular complexity index is 574. The summed E-state index contributed by atoms with van der Waals surface area (Å²) < 4.78 is 8.07. The van der Waals surface area contributed by atoms with Crippen molar-refractivity contribution in [2.75, 3.05) is 7.11 Å². The van der Waals surface area contributed by atoms with Gasteiger partial charge in [-0.25, -0.2) is 0 Å². The number of aromatic amines is 1. The van der Waals surface area contributed by atoms with E-state index in [0.717, 1.165) is 31.0 Å². The van der Waals surface area contributed by atoms with E-state index in [0.29, 0.717) is 4.77 Å². The normalized spacial score (nSPS) is 10.6. The van der Waals surface area contributed by atoms with E-state index < -0.39 is 0 Å². The molecule has 0 spiro atoms. The Labute approximate surface area is 112 Å². The minimum absolute atomic E-state index is 0.682. The van der Waals surface area contributed by atoms with Gasteiger partial charge in [-0.2, -0.15) is 5.10 Å². The van der Waals surface area contributed by atoms with Crippen molar-refractivity contribution in [1.82, 2.24) is 14.8 Å². The molecule has 0 aliphatic carbocycles. The molecule has 1 heterocycles. The lowest BCUT2D eigenvalue weighted by atomic mass is 10.1. The van der Waals surface area contributed by atoms with Crippen LogP contribution in [0.4, 0.5) is 0 Å². The van der Waals surface area contributed by atoms with Crippen molar-refractivity contribution in [3.63, 3.8) is 0 Å². The molecule has 0 aliphatic rings. The monoisotopic (exact) mass is 263 g/mol. The third-order valence-electron chi connectivity index (χ3n) is 2.95. The van der Waals surface area contributed by atoms with E-state index in [9.17, 15) is 0 Å². The SMILES string of the molecule is CCc1n[nH]c(=S)n1CCc1ccccc1OC. The summed E-state index contributed by atoms with van der Waals surface area (Å²) in [7, 11) is 1.69. The summed E-state index contributed by atoms with van der Waals surface area (Å²) >= 11 is 5.23. The first-order chi connectivity index (χ1) is 8.76. The number of methoxy groups -OCH3 is 1. The number of nitrogens with one attached hydrogen (secondary N) is 1. The summed E-state index contributed by atoms with van der Waals surface area (Å²) in [6.07, 6.45) is 1.75. The standard InChI is InChI=1S/C13H17N3OS/c1-3-12-14-15-13(18)16(12)9-8-10-6-4-5-7-11(10)17-2/h4-7H,3,8-9H2,1-2H3,(H,15,18). The van der Waals surface area contributed by atoms with Gasteiger partial charge < -0.3 is 9.30 Å². The summed E-state index contributed by atoms with van der Waals surface area (Å²) in [5.41, 5.74) is 1.19. The maximum Gasteiger partial charge on any atom is 0.195 e. The van der Waals surface area contributed by atoms with Gasteiger partial charge in [-0.1, -0.05) is 25.1 Å². The first kappa shape index (κ1) is 12.8. The molecule has 4 nitrogen and oxygen atoms in total. The van der Waals surface area contributed by atoms with Gasteiger partial charge in [-0.3, -0.25) is 5.10 Å². The van der Waals surface area contributed by atoms with Crippen LogP contribution in [0.5, 0.6) is 5.75 Å². The third-order valence-corrected chi connectivity index (χ3v) is 3.26. The molecule has 2 aromatic rings. The van der Waals surface area contributed by atoms with E-state index in [1.165, 1.54) is 5.56 Å². The van der Waals surface area contributed by atoms with Crippen LogP contribution in [-0.2, 0) is 19.4 Å². The minimum Gasteiger partial charge on any atom is -0.496 e. The Balaban J connectivity index is 2.16. The molecular formula is C13H17N3OS. The molecule has 0 saturated heterocycles. The molecule has 96 valence electrons. The van der Waals surface area contributed by atoms with E-state index >= 15 is 0 Å². The zero-order chi connectivity index (χ0) is 13.0. The van der Waals surface area contributed by atoms with Crippen LogP contribution in [0.2, 0.25) is 0 Å². The van der Waals surface area contributed by atoms with Gasteiger partial charge in [0, 0.05) is 13.0 Å². The van der Waals surface area contributed by atoms with E-state index in [4.69, 9.17) is 17.0 Å². The number of rotatable bonds is 5. The fourth-order valence-electron chi connectivity index (χ4n) is 1.99. The number of aromatic nitrogens is 3. The van der Waals surface area contributed by atoms with Crippen molar-refractivity contribution in [2.24, 2.45) is 0 Å². The van der Waals surface area contributed by atoms with Gasteiger partial charge >= 0.3 is 0 Å². The zero-order valence-corrected chi connectivity index (χ0v) is 11.5. The first-order valence-electron chi connectivity index (χ1n) is 6.02. The Hall–Kier alpha value is -1.62. The number of H-pyrrole nitrogens is 1. The van der Waals surface area contributed by atoms with E-state index in [-0.39, 0.29) is 0 Å². The largest absolute Gasteiger partial charge is 0.496 e. The van der Waals surface area contributed by atoms with Crippen molar-refractivity contribution in [1.29, 1.82) is 0 Å². The molecule has 0 amide bonds. The van der Waals surface area contributed by atoms with E-state index in [2.05, 4.69) is 23.2 Å². The number of hydrogen-bond acceptors (Lipinski definition) is 3. The number of hydrogen-bond donors (Lipinski definition) is 1. The van der Waals surface area contributed by atoms with Gasteiger partial charge in [0.25, 0.3) is 0 Å². The molecule has 1 N–H and O–H groups in total. The van der Waals surface area contributed by atoms with Gasteiger partial charge in [-0.05, 0) is 30.3 Å². The lowest BCUT2D eigenvalue weighted by molar-refractivity contribution is 0.408. The van der Waals surface area contributed by atoms with Crippen molar-refractivity contribution in [2.45, 2.75) is 26.3 Å². The van der Waals surface area contributed by atoms with Crippen LogP contribution >= 0.6 is 12.2 Å². The van der Waals surface area contributed by atoms with Crippen molar-refractivity contribution >= 4 is 12.2 Å². The quantitative estimate of drug-likeness (QED) is 0.843. The highest BCUT2D eigenvalue weighted by atomic mass is 32.1. The second kappa shape index (κ2) is 5.82.